The van der Waals surface area contributed by atoms with Crippen LogP contribution in [0.3, 0.4) is 0 Å². The molecule has 0 spiro atoms. The molecule has 1 N–H and O–H groups in total. The first kappa shape index (κ1) is 17.9. The van der Waals surface area contributed by atoms with E-state index < -0.39 is 0 Å². The molecule has 0 fully saturated rings. The fourth-order valence-corrected chi connectivity index (χ4v) is 3.00. The van der Waals surface area contributed by atoms with Crippen molar-refractivity contribution in [1.82, 2.24) is 0 Å². The van der Waals surface area contributed by atoms with Crippen LogP contribution in [-0.4, -0.2) is 12.2 Å². The van der Waals surface area contributed by atoms with Gasteiger partial charge in [0.2, 0.25) is 0 Å². The first-order chi connectivity index (χ1) is 11.3. The minimum atomic E-state index is 0.263. The Morgan fingerprint density at radius 3 is 1.96 bits per heavy atom. The van der Waals surface area contributed by atoms with Gasteiger partial charge in [-0.2, -0.15) is 0 Å². The van der Waals surface area contributed by atoms with Gasteiger partial charge in [-0.15, -0.1) is 0 Å². The molecular weight excluding hydrogens is 300 g/mol. The molecule has 0 aliphatic rings. The number of hydrogen-bond donors (Lipinski definition) is 1. The van der Waals surface area contributed by atoms with E-state index in [0.717, 1.165) is 28.0 Å². The molecule has 0 aliphatic carbocycles. The predicted molar refractivity (Wildman–Crippen MR) is 99.2 cm³/mol. The number of phenols is 1. The van der Waals surface area contributed by atoms with Crippen molar-refractivity contribution in [1.29, 1.82) is 0 Å². The number of aromatic hydroxyl groups is 1. The SMILES string of the molecule is COc1c(C)c(O)c(C)c(/C=C/Oc2cc(C)c(C)c(C)c2)c1C. The van der Waals surface area contributed by atoms with E-state index in [1.165, 1.54) is 16.7 Å². The van der Waals surface area contributed by atoms with Crippen molar-refractivity contribution in [2.75, 3.05) is 7.11 Å². The zero-order valence-corrected chi connectivity index (χ0v) is 15.6. The molecule has 2 aromatic carbocycles. The zero-order valence-electron chi connectivity index (χ0n) is 15.6. The Balaban J connectivity index is 2.35. The third-order valence-corrected chi connectivity index (χ3v) is 4.74. The van der Waals surface area contributed by atoms with Gasteiger partial charge in [-0.05, 0) is 93.1 Å². The van der Waals surface area contributed by atoms with Gasteiger partial charge in [-0.3, -0.25) is 0 Å². The van der Waals surface area contributed by atoms with E-state index in [4.69, 9.17) is 9.47 Å². The van der Waals surface area contributed by atoms with Crippen LogP contribution in [0.4, 0.5) is 0 Å². The summed E-state index contributed by atoms with van der Waals surface area (Å²) in [6.45, 7) is 12.0. The van der Waals surface area contributed by atoms with Crippen LogP contribution >= 0.6 is 0 Å². The molecule has 0 atom stereocenters. The lowest BCUT2D eigenvalue weighted by molar-refractivity contribution is 0.398. The second kappa shape index (κ2) is 7.00. The van der Waals surface area contributed by atoms with E-state index in [2.05, 4.69) is 20.8 Å². The molecule has 0 unspecified atom stereocenters. The standard InChI is InChI=1S/C21H26O3/c1-12-10-18(11-13(2)14(12)3)24-9-8-19-15(4)20(22)17(6)21(23-7)16(19)5/h8-11,22H,1-7H3/b9-8+. The highest BCUT2D eigenvalue weighted by Crippen LogP contribution is 2.37. The molecule has 0 amide bonds. The molecule has 0 aliphatic heterocycles. The summed E-state index contributed by atoms with van der Waals surface area (Å²) >= 11 is 0. The Kier molecular flexibility index (Phi) is 5.23. The summed E-state index contributed by atoms with van der Waals surface area (Å²) in [6, 6.07) is 4.05. The first-order valence-electron chi connectivity index (χ1n) is 8.05. The van der Waals surface area contributed by atoms with Crippen LogP contribution in [0.25, 0.3) is 6.08 Å². The Morgan fingerprint density at radius 2 is 1.42 bits per heavy atom. The zero-order chi connectivity index (χ0) is 18.0. The Labute approximate surface area is 144 Å². The molecule has 0 radical (unpaired) electrons. The Morgan fingerprint density at radius 1 is 0.833 bits per heavy atom. The highest BCUT2D eigenvalue weighted by atomic mass is 16.5. The number of ether oxygens (including phenoxy) is 2. The van der Waals surface area contributed by atoms with Gasteiger partial charge in [-0.1, -0.05) is 0 Å². The Bertz CT molecular complexity index is 778. The van der Waals surface area contributed by atoms with Gasteiger partial charge in [0.25, 0.3) is 0 Å². The van der Waals surface area contributed by atoms with E-state index in [-0.39, 0.29) is 5.75 Å². The van der Waals surface area contributed by atoms with Crippen LogP contribution in [-0.2, 0) is 0 Å². The molecule has 0 aromatic heterocycles. The minimum absolute atomic E-state index is 0.263. The van der Waals surface area contributed by atoms with Crippen LogP contribution in [0.15, 0.2) is 18.4 Å². The smallest absolute Gasteiger partial charge is 0.128 e. The van der Waals surface area contributed by atoms with Crippen molar-refractivity contribution in [3.63, 3.8) is 0 Å². The van der Waals surface area contributed by atoms with E-state index in [0.29, 0.717) is 5.75 Å². The van der Waals surface area contributed by atoms with Gasteiger partial charge in [0, 0.05) is 5.56 Å². The van der Waals surface area contributed by atoms with Gasteiger partial charge in [0.15, 0.2) is 0 Å². The average Bonchev–Trinajstić information content (AvgIpc) is 2.54. The van der Waals surface area contributed by atoms with Crippen LogP contribution in [0.5, 0.6) is 17.2 Å². The number of phenolic OH excluding ortho intramolecular Hbond substituents is 1. The van der Waals surface area contributed by atoms with Crippen LogP contribution in [0.1, 0.15) is 38.9 Å². The summed E-state index contributed by atoms with van der Waals surface area (Å²) in [5, 5.41) is 10.3. The molecule has 0 saturated heterocycles. The van der Waals surface area contributed by atoms with Gasteiger partial charge in [0.05, 0.1) is 13.4 Å². The second-order valence-corrected chi connectivity index (χ2v) is 6.27. The lowest BCUT2D eigenvalue weighted by Crippen LogP contribution is -1.98. The molecule has 128 valence electrons. The van der Waals surface area contributed by atoms with Gasteiger partial charge < -0.3 is 14.6 Å². The normalized spacial score (nSPS) is 11.1. The van der Waals surface area contributed by atoms with E-state index in [1.807, 2.05) is 39.0 Å². The van der Waals surface area contributed by atoms with E-state index in [1.54, 1.807) is 13.4 Å². The number of hydrogen-bond acceptors (Lipinski definition) is 3. The molecule has 2 aromatic rings. The minimum Gasteiger partial charge on any atom is -0.507 e. The van der Waals surface area contributed by atoms with Crippen molar-refractivity contribution in [2.24, 2.45) is 0 Å². The largest absolute Gasteiger partial charge is 0.507 e. The molecule has 0 saturated carbocycles. The molecule has 3 heteroatoms. The Hall–Kier alpha value is -2.42. The lowest BCUT2D eigenvalue weighted by Gasteiger charge is -2.16. The second-order valence-electron chi connectivity index (χ2n) is 6.27. The average molecular weight is 326 g/mol. The summed E-state index contributed by atoms with van der Waals surface area (Å²) in [7, 11) is 1.62. The number of methoxy groups -OCH3 is 1. The predicted octanol–water partition coefficient (Wildman–Crippen LogP) is 5.30. The summed E-state index contributed by atoms with van der Waals surface area (Å²) < 4.78 is 11.2. The molecule has 0 bridgehead atoms. The van der Waals surface area contributed by atoms with Crippen molar-refractivity contribution in [3.8, 4) is 17.2 Å². The molecule has 24 heavy (non-hydrogen) atoms. The van der Waals surface area contributed by atoms with E-state index >= 15 is 0 Å². The first-order valence-corrected chi connectivity index (χ1v) is 8.05. The fourth-order valence-electron chi connectivity index (χ4n) is 3.00. The summed E-state index contributed by atoms with van der Waals surface area (Å²) in [5.74, 6) is 1.78. The summed E-state index contributed by atoms with van der Waals surface area (Å²) in [5.41, 5.74) is 7.18. The highest BCUT2D eigenvalue weighted by Gasteiger charge is 2.15. The van der Waals surface area contributed by atoms with E-state index in [9.17, 15) is 5.11 Å². The third kappa shape index (κ3) is 3.25. The van der Waals surface area contributed by atoms with Crippen LogP contribution < -0.4 is 9.47 Å². The molecule has 3 nitrogen and oxygen atoms in total. The third-order valence-electron chi connectivity index (χ3n) is 4.74. The molecule has 0 heterocycles. The van der Waals surface area contributed by atoms with Gasteiger partial charge >= 0.3 is 0 Å². The highest BCUT2D eigenvalue weighted by molar-refractivity contribution is 5.67. The maximum absolute atomic E-state index is 10.3. The summed E-state index contributed by atoms with van der Waals surface area (Å²) in [4.78, 5) is 0. The topological polar surface area (TPSA) is 38.7 Å². The summed E-state index contributed by atoms with van der Waals surface area (Å²) in [6.07, 6.45) is 3.53. The quantitative estimate of drug-likeness (QED) is 0.775. The van der Waals surface area contributed by atoms with Crippen molar-refractivity contribution in [2.45, 2.75) is 41.5 Å². The monoisotopic (exact) mass is 326 g/mol. The van der Waals surface area contributed by atoms with Crippen molar-refractivity contribution in [3.05, 3.63) is 57.3 Å². The van der Waals surface area contributed by atoms with Crippen molar-refractivity contribution < 1.29 is 14.6 Å². The van der Waals surface area contributed by atoms with Gasteiger partial charge in [-0.25, -0.2) is 0 Å². The van der Waals surface area contributed by atoms with Gasteiger partial charge in [0.1, 0.15) is 17.2 Å². The van der Waals surface area contributed by atoms with Crippen molar-refractivity contribution >= 4 is 6.08 Å². The molecular formula is C21H26O3. The molecule has 2 rings (SSSR count). The number of rotatable bonds is 4. The lowest BCUT2D eigenvalue weighted by atomic mass is 9.97. The van der Waals surface area contributed by atoms with Crippen LogP contribution in [0, 0.1) is 41.5 Å². The number of aryl methyl sites for hydroxylation is 2. The number of benzene rings is 2. The maximum Gasteiger partial charge on any atom is 0.128 e. The van der Waals surface area contributed by atoms with Crippen LogP contribution in [0.2, 0.25) is 0 Å². The maximum atomic E-state index is 10.3. The fraction of sp³-hybridized carbons (Fsp3) is 0.333.